The SMILES string of the molecule is CCCCCCC/C=C\C/C=C\CCCCCCCCCCCCCCCCCCCCCCCCCC(=O)NC(CO)C(O)/C=C/CC/C=C/CCCCCCCCCCCCCCCCCCCCCCCCCCC. The molecule has 0 fully saturated rings. The Morgan fingerprint density at radius 3 is 0.821 bits per heavy atom. The van der Waals surface area contributed by atoms with Crippen LogP contribution < -0.4 is 5.32 Å². The fraction of sp³-hybridized carbons (Fsp3) is 0.878. The van der Waals surface area contributed by atoms with Crippen LogP contribution in [0.1, 0.15) is 399 Å². The summed E-state index contributed by atoms with van der Waals surface area (Å²) in [6, 6.07) is -0.640. The number of allylic oxidation sites excluding steroid dienone is 7. The highest BCUT2D eigenvalue weighted by atomic mass is 16.3. The summed E-state index contributed by atoms with van der Waals surface area (Å²) >= 11 is 0. The molecule has 0 aromatic heterocycles. The van der Waals surface area contributed by atoms with Gasteiger partial charge >= 0.3 is 0 Å². The fourth-order valence-corrected chi connectivity index (χ4v) is 11.3. The molecule has 2 unspecified atom stereocenters. The van der Waals surface area contributed by atoms with Crippen LogP contribution in [0.5, 0.6) is 0 Å². The molecule has 2 atom stereocenters. The molecule has 0 saturated heterocycles. The number of hydrogen-bond acceptors (Lipinski definition) is 3. The zero-order valence-electron chi connectivity index (χ0n) is 53.2. The lowest BCUT2D eigenvalue weighted by atomic mass is 10.0. The molecule has 0 aliphatic heterocycles. The fourth-order valence-electron chi connectivity index (χ4n) is 11.3. The summed E-state index contributed by atoms with van der Waals surface area (Å²) < 4.78 is 0. The molecule has 0 spiro atoms. The van der Waals surface area contributed by atoms with Gasteiger partial charge in [-0.3, -0.25) is 4.79 Å². The van der Waals surface area contributed by atoms with Crippen molar-refractivity contribution in [1.82, 2.24) is 5.32 Å². The van der Waals surface area contributed by atoms with Crippen LogP contribution in [0.3, 0.4) is 0 Å². The third kappa shape index (κ3) is 65.2. The topological polar surface area (TPSA) is 69.6 Å². The lowest BCUT2D eigenvalue weighted by molar-refractivity contribution is -0.123. The van der Waals surface area contributed by atoms with Crippen LogP contribution in [-0.4, -0.2) is 34.9 Å². The molecule has 0 aromatic rings. The second-order valence-corrected chi connectivity index (χ2v) is 24.6. The first-order valence-electron chi connectivity index (χ1n) is 35.9. The predicted octanol–water partition coefficient (Wildman–Crippen LogP) is 24.5. The molecule has 3 N–H and O–H groups in total. The van der Waals surface area contributed by atoms with Gasteiger partial charge in [0.2, 0.25) is 5.91 Å². The van der Waals surface area contributed by atoms with Crippen molar-refractivity contribution in [3.63, 3.8) is 0 Å². The van der Waals surface area contributed by atoms with Gasteiger partial charge in [-0.25, -0.2) is 0 Å². The average Bonchev–Trinajstić information content (AvgIpc) is 3.44. The molecule has 4 heteroatoms. The molecular weight excluding hydrogens is 951 g/mol. The number of aliphatic hydroxyl groups excluding tert-OH is 2. The van der Waals surface area contributed by atoms with Gasteiger partial charge in [0, 0.05) is 6.42 Å². The number of hydrogen-bond donors (Lipinski definition) is 3. The van der Waals surface area contributed by atoms with E-state index < -0.39 is 12.1 Å². The molecular formula is C74H141NO3. The van der Waals surface area contributed by atoms with Crippen molar-refractivity contribution >= 4 is 5.91 Å². The molecule has 1 amide bonds. The van der Waals surface area contributed by atoms with Crippen LogP contribution in [0, 0.1) is 0 Å². The molecule has 78 heavy (non-hydrogen) atoms. The van der Waals surface area contributed by atoms with Crippen LogP contribution in [0.4, 0.5) is 0 Å². The monoisotopic (exact) mass is 1090 g/mol. The maximum Gasteiger partial charge on any atom is 0.220 e. The van der Waals surface area contributed by atoms with Crippen molar-refractivity contribution in [2.24, 2.45) is 0 Å². The number of amides is 1. The number of aliphatic hydroxyl groups is 2. The van der Waals surface area contributed by atoms with E-state index in [0.717, 1.165) is 38.5 Å². The lowest BCUT2D eigenvalue weighted by Crippen LogP contribution is -2.45. The van der Waals surface area contributed by atoms with E-state index in [9.17, 15) is 15.0 Å². The summed E-state index contributed by atoms with van der Waals surface area (Å²) in [7, 11) is 0. The van der Waals surface area contributed by atoms with E-state index in [2.05, 4.69) is 55.6 Å². The molecule has 0 rings (SSSR count). The molecule has 0 bridgehead atoms. The second kappa shape index (κ2) is 69.6. The Hall–Kier alpha value is -1.65. The van der Waals surface area contributed by atoms with Gasteiger partial charge in [0.1, 0.15) is 0 Å². The number of nitrogens with one attached hydrogen (secondary N) is 1. The zero-order valence-corrected chi connectivity index (χ0v) is 53.2. The summed E-state index contributed by atoms with van der Waals surface area (Å²) in [6.07, 6.45) is 97.9. The van der Waals surface area contributed by atoms with Gasteiger partial charge in [0.05, 0.1) is 18.8 Å². The molecule has 4 nitrogen and oxygen atoms in total. The summed E-state index contributed by atoms with van der Waals surface area (Å²) in [5.74, 6) is -0.0659. The maximum absolute atomic E-state index is 12.5. The molecule has 0 aliphatic carbocycles. The first-order valence-corrected chi connectivity index (χ1v) is 35.9. The van der Waals surface area contributed by atoms with E-state index >= 15 is 0 Å². The Labute approximate surface area is 490 Å². The highest BCUT2D eigenvalue weighted by molar-refractivity contribution is 5.76. The van der Waals surface area contributed by atoms with Crippen LogP contribution in [-0.2, 0) is 4.79 Å². The standard InChI is InChI=1S/C74H141NO3/c1-3-5-7-9-11-13-15-17-19-21-23-25-27-29-31-33-35-36-37-38-40-42-44-46-48-50-52-54-56-58-60-62-64-66-68-70-74(78)75-72(71-76)73(77)69-67-65-63-61-59-57-55-53-51-49-47-45-43-41-39-34-32-30-28-26-24-22-20-18-16-14-12-10-8-6-4-2/h15,17,21,23,59,61,67,69,72-73,76-77H,3-14,16,18-20,22,24-58,60,62-66,68,70-71H2,1-2H3,(H,75,78)/b17-15-,23-21-,61-59+,69-67+. The largest absolute Gasteiger partial charge is 0.394 e. The van der Waals surface area contributed by atoms with Crippen molar-refractivity contribution in [1.29, 1.82) is 0 Å². The minimum Gasteiger partial charge on any atom is -0.394 e. The van der Waals surface area contributed by atoms with Gasteiger partial charge in [-0.1, -0.05) is 377 Å². The van der Waals surface area contributed by atoms with Crippen LogP contribution in [0.2, 0.25) is 0 Å². The van der Waals surface area contributed by atoms with E-state index in [0.29, 0.717) is 6.42 Å². The lowest BCUT2D eigenvalue weighted by Gasteiger charge is -2.19. The Morgan fingerprint density at radius 1 is 0.308 bits per heavy atom. The summed E-state index contributed by atoms with van der Waals surface area (Å²) in [5, 5.41) is 23.3. The average molecular weight is 1090 g/mol. The van der Waals surface area contributed by atoms with Gasteiger partial charge in [-0.15, -0.1) is 0 Å². The van der Waals surface area contributed by atoms with Crippen molar-refractivity contribution in [2.45, 2.75) is 411 Å². The third-order valence-electron chi connectivity index (χ3n) is 16.8. The quantitative estimate of drug-likeness (QED) is 0.0420. The van der Waals surface area contributed by atoms with Gasteiger partial charge in [-0.2, -0.15) is 0 Å². The van der Waals surface area contributed by atoms with Crippen LogP contribution >= 0.6 is 0 Å². The van der Waals surface area contributed by atoms with E-state index in [1.165, 1.54) is 340 Å². The Balaban J connectivity index is 3.44. The minimum absolute atomic E-state index is 0.0659. The first-order chi connectivity index (χ1) is 38.7. The van der Waals surface area contributed by atoms with E-state index in [1.54, 1.807) is 6.08 Å². The van der Waals surface area contributed by atoms with E-state index in [-0.39, 0.29) is 12.5 Å². The summed E-state index contributed by atoms with van der Waals surface area (Å²) in [6.45, 7) is 4.33. The van der Waals surface area contributed by atoms with Crippen molar-refractivity contribution < 1.29 is 15.0 Å². The minimum atomic E-state index is -0.864. The molecule has 0 heterocycles. The number of carbonyl (C=O) groups excluding carboxylic acids is 1. The first kappa shape index (κ1) is 76.3. The van der Waals surface area contributed by atoms with Crippen LogP contribution in [0.15, 0.2) is 48.6 Å². The normalized spacial score (nSPS) is 12.9. The van der Waals surface area contributed by atoms with E-state index in [1.807, 2.05) is 6.08 Å². The zero-order chi connectivity index (χ0) is 56.2. The van der Waals surface area contributed by atoms with Crippen molar-refractivity contribution in [3.8, 4) is 0 Å². The summed E-state index contributed by atoms with van der Waals surface area (Å²) in [4.78, 5) is 12.5. The number of rotatable bonds is 67. The van der Waals surface area contributed by atoms with Gasteiger partial charge in [0.15, 0.2) is 0 Å². The Morgan fingerprint density at radius 2 is 0.538 bits per heavy atom. The molecule has 0 radical (unpaired) electrons. The van der Waals surface area contributed by atoms with Crippen molar-refractivity contribution in [3.05, 3.63) is 48.6 Å². The predicted molar refractivity (Wildman–Crippen MR) is 350 cm³/mol. The van der Waals surface area contributed by atoms with Gasteiger partial charge < -0.3 is 15.5 Å². The van der Waals surface area contributed by atoms with E-state index in [4.69, 9.17) is 0 Å². The Bertz CT molecular complexity index is 1240. The molecule has 0 aromatic carbocycles. The Kier molecular flexibility index (Phi) is 68.1. The number of carbonyl (C=O) groups is 1. The van der Waals surface area contributed by atoms with Crippen molar-refractivity contribution in [2.75, 3.05) is 6.61 Å². The highest BCUT2D eigenvalue weighted by Gasteiger charge is 2.18. The number of unbranched alkanes of at least 4 members (excludes halogenated alkanes) is 54. The third-order valence-corrected chi connectivity index (χ3v) is 16.8. The maximum atomic E-state index is 12.5. The van der Waals surface area contributed by atoms with Gasteiger partial charge in [0.25, 0.3) is 0 Å². The molecule has 0 aliphatic rings. The molecule has 0 saturated carbocycles. The molecule has 460 valence electrons. The highest BCUT2D eigenvalue weighted by Crippen LogP contribution is 2.19. The summed E-state index contributed by atoms with van der Waals surface area (Å²) in [5.41, 5.74) is 0. The van der Waals surface area contributed by atoms with Gasteiger partial charge in [-0.05, 0) is 64.2 Å². The van der Waals surface area contributed by atoms with Crippen LogP contribution in [0.25, 0.3) is 0 Å². The second-order valence-electron chi connectivity index (χ2n) is 24.6. The smallest absolute Gasteiger partial charge is 0.220 e.